The lowest BCUT2D eigenvalue weighted by Crippen LogP contribution is -2.52. The number of nitrogens with zero attached hydrogens (tertiary/aromatic N) is 1. The van der Waals surface area contributed by atoms with Gasteiger partial charge in [-0.1, -0.05) is 42.5 Å². The molecule has 1 saturated heterocycles. The molecule has 2 aliphatic heterocycles. The Hall–Kier alpha value is -4.73. The molecular formula is C33H35N5O5. The lowest BCUT2D eigenvalue weighted by atomic mass is 9.84. The van der Waals surface area contributed by atoms with Crippen LogP contribution in [0.25, 0.3) is 10.8 Å². The summed E-state index contributed by atoms with van der Waals surface area (Å²) in [5.74, 6) is -0.864. The number of anilines is 1. The maximum atomic E-state index is 12.9. The highest BCUT2D eigenvalue weighted by Crippen LogP contribution is 2.31. The van der Waals surface area contributed by atoms with Crippen LogP contribution < -0.4 is 21.3 Å². The van der Waals surface area contributed by atoms with Crippen LogP contribution in [0.4, 0.5) is 10.5 Å². The van der Waals surface area contributed by atoms with E-state index in [9.17, 15) is 24.0 Å². The van der Waals surface area contributed by atoms with Gasteiger partial charge in [0.05, 0.1) is 0 Å². The molecule has 2 heterocycles. The smallest absolute Gasteiger partial charge is 0.315 e. The van der Waals surface area contributed by atoms with Gasteiger partial charge in [0, 0.05) is 43.2 Å². The van der Waals surface area contributed by atoms with Crippen LogP contribution in [-0.4, -0.2) is 46.6 Å². The van der Waals surface area contributed by atoms with Crippen molar-refractivity contribution >= 4 is 46.1 Å². The van der Waals surface area contributed by atoms with Crippen LogP contribution in [0.2, 0.25) is 0 Å². The fraction of sp³-hybridized carbons (Fsp3) is 0.364. The van der Waals surface area contributed by atoms with Crippen molar-refractivity contribution < 1.29 is 24.0 Å². The number of amides is 6. The number of benzene rings is 3. The van der Waals surface area contributed by atoms with Crippen LogP contribution in [0.1, 0.15) is 66.4 Å². The zero-order valence-electron chi connectivity index (χ0n) is 23.9. The lowest BCUT2D eigenvalue weighted by Gasteiger charge is -2.29. The number of fused-ring (bicyclic) bond motifs is 2. The summed E-state index contributed by atoms with van der Waals surface area (Å²) in [6.07, 6.45) is 4.23. The normalized spacial score (nSPS) is 21.7. The van der Waals surface area contributed by atoms with E-state index in [4.69, 9.17) is 0 Å². The van der Waals surface area contributed by atoms with Crippen molar-refractivity contribution in [3.05, 3.63) is 77.4 Å². The molecule has 0 aromatic heterocycles. The average Bonchev–Trinajstić information content (AvgIpc) is 3.32. The zero-order valence-corrected chi connectivity index (χ0v) is 23.9. The van der Waals surface area contributed by atoms with Gasteiger partial charge in [0.2, 0.25) is 17.7 Å². The number of nitrogens with one attached hydrogen (secondary N) is 4. The molecule has 10 nitrogen and oxygen atoms in total. The number of rotatable bonds is 7. The van der Waals surface area contributed by atoms with Crippen LogP contribution in [0.15, 0.2) is 60.7 Å². The van der Waals surface area contributed by atoms with E-state index in [2.05, 4.69) is 39.5 Å². The van der Waals surface area contributed by atoms with Gasteiger partial charge in [-0.15, -0.1) is 0 Å². The summed E-state index contributed by atoms with van der Waals surface area (Å²) in [5.41, 5.74) is 2.94. The third-order valence-electron chi connectivity index (χ3n) is 8.78. The van der Waals surface area contributed by atoms with E-state index < -0.39 is 11.9 Å². The number of carbonyl (C=O) groups is 5. The first-order valence-corrected chi connectivity index (χ1v) is 14.9. The monoisotopic (exact) mass is 581 g/mol. The largest absolute Gasteiger partial charge is 0.335 e. The summed E-state index contributed by atoms with van der Waals surface area (Å²) in [6.45, 7) is 0.713. The molecule has 1 unspecified atom stereocenters. The number of carbonyl (C=O) groups excluding carboxylic acids is 5. The lowest BCUT2D eigenvalue weighted by molar-refractivity contribution is -0.137. The molecule has 6 rings (SSSR count). The topological polar surface area (TPSA) is 137 Å². The van der Waals surface area contributed by atoms with Crippen molar-refractivity contribution in [1.29, 1.82) is 0 Å². The van der Waals surface area contributed by atoms with Crippen LogP contribution in [0.3, 0.4) is 0 Å². The second-order valence-corrected chi connectivity index (χ2v) is 11.7. The molecular weight excluding hydrogens is 546 g/mol. The van der Waals surface area contributed by atoms with Crippen LogP contribution >= 0.6 is 0 Å². The maximum absolute atomic E-state index is 12.9. The molecule has 0 bridgehead atoms. The molecule has 3 aromatic carbocycles. The molecule has 2 fully saturated rings. The Morgan fingerprint density at radius 2 is 1.70 bits per heavy atom. The first kappa shape index (κ1) is 28.4. The fourth-order valence-corrected chi connectivity index (χ4v) is 6.50. The fourth-order valence-electron chi connectivity index (χ4n) is 6.50. The van der Waals surface area contributed by atoms with Crippen LogP contribution in [0, 0.1) is 5.92 Å². The Kier molecular flexibility index (Phi) is 8.09. The van der Waals surface area contributed by atoms with Gasteiger partial charge in [-0.05, 0) is 78.1 Å². The zero-order chi connectivity index (χ0) is 29.9. The van der Waals surface area contributed by atoms with Gasteiger partial charge < -0.3 is 20.9 Å². The van der Waals surface area contributed by atoms with E-state index in [1.807, 2.05) is 24.3 Å². The van der Waals surface area contributed by atoms with Gasteiger partial charge in [-0.3, -0.25) is 24.5 Å². The predicted molar refractivity (Wildman–Crippen MR) is 161 cm³/mol. The molecule has 1 saturated carbocycles. The maximum Gasteiger partial charge on any atom is 0.315 e. The van der Waals surface area contributed by atoms with Crippen molar-refractivity contribution in [3.63, 3.8) is 0 Å². The van der Waals surface area contributed by atoms with Crippen molar-refractivity contribution in [2.45, 2.75) is 70.1 Å². The minimum Gasteiger partial charge on any atom is -0.335 e. The molecule has 3 aromatic rings. The Morgan fingerprint density at radius 1 is 0.907 bits per heavy atom. The standard InChI is InChI=1S/C33H35N5O5/c39-29-15-14-28(31(41)37-29)38-19-23-17-25(12-13-27(23)32(38)42)35-30(40)16-20-8-10-24(11-9-20)36-33(43)34-18-22-6-3-5-21-4-1-2-7-26(21)22/h1-7,12-13,17,20,24,28H,8-11,14-16,18-19H2,(H,35,40)(H2,34,36,43)(H,37,39,41). The molecule has 0 spiro atoms. The Balaban J connectivity index is 0.943. The Labute approximate surface area is 249 Å². The van der Waals surface area contributed by atoms with Gasteiger partial charge in [-0.2, -0.15) is 0 Å². The molecule has 6 amide bonds. The average molecular weight is 582 g/mol. The van der Waals surface area contributed by atoms with Crippen molar-refractivity contribution in [2.24, 2.45) is 5.92 Å². The highest BCUT2D eigenvalue weighted by molar-refractivity contribution is 6.05. The summed E-state index contributed by atoms with van der Waals surface area (Å²) in [6, 6.07) is 18.6. The molecule has 4 N–H and O–H groups in total. The van der Waals surface area contributed by atoms with E-state index in [0.29, 0.717) is 30.6 Å². The first-order chi connectivity index (χ1) is 20.8. The highest BCUT2D eigenvalue weighted by atomic mass is 16.2. The number of hydrogen-bond acceptors (Lipinski definition) is 5. The molecule has 222 valence electrons. The number of piperidine rings is 1. The summed E-state index contributed by atoms with van der Waals surface area (Å²) in [7, 11) is 0. The Bertz CT molecular complexity index is 1590. The van der Waals surface area contributed by atoms with E-state index in [0.717, 1.165) is 47.6 Å². The van der Waals surface area contributed by atoms with Gasteiger partial charge >= 0.3 is 6.03 Å². The van der Waals surface area contributed by atoms with E-state index >= 15 is 0 Å². The molecule has 0 radical (unpaired) electrons. The molecule has 3 aliphatic rings. The van der Waals surface area contributed by atoms with Crippen LogP contribution in [0.5, 0.6) is 0 Å². The SMILES string of the molecule is O=C1CCC(N2Cc3cc(NC(=O)CC4CCC(NC(=O)NCc5cccc6ccccc56)CC4)ccc3C2=O)C(=O)N1. The van der Waals surface area contributed by atoms with E-state index in [1.54, 1.807) is 18.2 Å². The second-order valence-electron chi connectivity index (χ2n) is 11.7. The molecule has 43 heavy (non-hydrogen) atoms. The summed E-state index contributed by atoms with van der Waals surface area (Å²) in [4.78, 5) is 63.6. The third kappa shape index (κ3) is 6.38. The van der Waals surface area contributed by atoms with Gasteiger partial charge in [0.15, 0.2) is 0 Å². The number of imide groups is 1. The number of hydrogen-bond donors (Lipinski definition) is 4. The molecule has 1 atom stereocenters. The first-order valence-electron chi connectivity index (χ1n) is 14.9. The molecule has 1 aliphatic carbocycles. The quantitative estimate of drug-likeness (QED) is 0.313. The predicted octanol–water partition coefficient (Wildman–Crippen LogP) is 3.99. The number of urea groups is 1. The minimum atomic E-state index is -0.671. The Morgan fingerprint density at radius 3 is 2.51 bits per heavy atom. The molecule has 10 heteroatoms. The van der Waals surface area contributed by atoms with Crippen LogP contribution in [-0.2, 0) is 27.5 Å². The minimum absolute atomic E-state index is 0.0772. The summed E-state index contributed by atoms with van der Waals surface area (Å²) < 4.78 is 0. The second kappa shape index (κ2) is 12.2. The van der Waals surface area contributed by atoms with Crippen molar-refractivity contribution in [3.8, 4) is 0 Å². The van der Waals surface area contributed by atoms with E-state index in [1.165, 1.54) is 4.90 Å². The van der Waals surface area contributed by atoms with Crippen molar-refractivity contribution in [1.82, 2.24) is 20.9 Å². The summed E-state index contributed by atoms with van der Waals surface area (Å²) in [5, 5.41) is 13.6. The van der Waals surface area contributed by atoms with Gasteiger partial charge in [0.25, 0.3) is 5.91 Å². The van der Waals surface area contributed by atoms with Gasteiger partial charge in [-0.25, -0.2) is 4.79 Å². The van der Waals surface area contributed by atoms with E-state index in [-0.39, 0.29) is 48.7 Å². The van der Waals surface area contributed by atoms with Crippen molar-refractivity contribution in [2.75, 3.05) is 5.32 Å². The summed E-state index contributed by atoms with van der Waals surface area (Å²) >= 11 is 0. The third-order valence-corrected chi connectivity index (χ3v) is 8.78. The van der Waals surface area contributed by atoms with Gasteiger partial charge in [0.1, 0.15) is 6.04 Å². The highest BCUT2D eigenvalue weighted by Gasteiger charge is 2.39.